The normalized spacial score (nSPS) is 10.5. The molecule has 1 aromatic heterocycles. The highest BCUT2D eigenvalue weighted by molar-refractivity contribution is 6.09. The van der Waals surface area contributed by atoms with Crippen LogP contribution >= 0.6 is 0 Å². The second kappa shape index (κ2) is 5.13. The molecule has 0 bridgehead atoms. The number of anilines is 1. The lowest BCUT2D eigenvalue weighted by Crippen LogP contribution is -2.18. The molecule has 0 aliphatic carbocycles. The van der Waals surface area contributed by atoms with Crippen LogP contribution in [-0.4, -0.2) is 16.8 Å². The van der Waals surface area contributed by atoms with Crippen molar-refractivity contribution >= 4 is 28.4 Å². The molecular weight excluding hydrogens is 266 g/mol. The summed E-state index contributed by atoms with van der Waals surface area (Å²) in [7, 11) is 0. The first kappa shape index (κ1) is 12.9. The van der Waals surface area contributed by atoms with E-state index >= 15 is 0 Å². The van der Waals surface area contributed by atoms with Crippen molar-refractivity contribution in [3.8, 4) is 0 Å². The second-order valence-electron chi connectivity index (χ2n) is 4.63. The average Bonchev–Trinajstić information content (AvgIpc) is 2.91. The third-order valence-electron chi connectivity index (χ3n) is 3.22. The highest BCUT2D eigenvalue weighted by Crippen LogP contribution is 2.18. The van der Waals surface area contributed by atoms with E-state index in [9.17, 15) is 9.59 Å². The summed E-state index contributed by atoms with van der Waals surface area (Å²) in [5.74, 6) is -0.901. The molecule has 0 atom stereocenters. The maximum atomic E-state index is 12.3. The van der Waals surface area contributed by atoms with Gasteiger partial charge in [0.25, 0.3) is 11.8 Å². The summed E-state index contributed by atoms with van der Waals surface area (Å²) >= 11 is 0. The van der Waals surface area contributed by atoms with Crippen LogP contribution in [0.4, 0.5) is 5.69 Å². The minimum Gasteiger partial charge on any atom is -0.366 e. The van der Waals surface area contributed by atoms with Crippen molar-refractivity contribution in [3.63, 3.8) is 0 Å². The molecule has 0 spiro atoms. The lowest BCUT2D eigenvalue weighted by molar-refractivity contribution is 0.100. The topological polar surface area (TPSA) is 88.0 Å². The third kappa shape index (κ3) is 2.49. The monoisotopic (exact) mass is 279 g/mol. The number of H-pyrrole nitrogens is 1. The molecule has 3 aromatic rings. The van der Waals surface area contributed by atoms with Gasteiger partial charge in [0.05, 0.1) is 11.3 Å². The summed E-state index contributed by atoms with van der Waals surface area (Å²) in [4.78, 5) is 26.6. The third-order valence-corrected chi connectivity index (χ3v) is 3.22. The number of carbonyl (C=O) groups excluding carboxylic acids is 2. The fourth-order valence-electron chi connectivity index (χ4n) is 2.19. The minimum absolute atomic E-state index is 0.280. The Bertz CT molecular complexity index is 803. The van der Waals surface area contributed by atoms with Crippen molar-refractivity contribution in [1.82, 2.24) is 4.98 Å². The maximum Gasteiger partial charge on any atom is 0.272 e. The van der Waals surface area contributed by atoms with E-state index in [0.29, 0.717) is 11.4 Å². The van der Waals surface area contributed by atoms with Gasteiger partial charge in [0.2, 0.25) is 0 Å². The van der Waals surface area contributed by atoms with Gasteiger partial charge in [-0.1, -0.05) is 30.3 Å². The number of amides is 2. The lowest BCUT2D eigenvalue weighted by atomic mass is 10.1. The number of nitrogens with one attached hydrogen (secondary N) is 2. The molecule has 5 nitrogen and oxygen atoms in total. The van der Waals surface area contributed by atoms with Crippen LogP contribution in [0.1, 0.15) is 20.8 Å². The van der Waals surface area contributed by atoms with Gasteiger partial charge in [0, 0.05) is 10.9 Å². The molecule has 2 aromatic carbocycles. The number of para-hydroxylation sites is 2. The Kier molecular flexibility index (Phi) is 3.16. The van der Waals surface area contributed by atoms with E-state index in [2.05, 4.69) is 10.3 Å². The fraction of sp³-hybridized carbons (Fsp3) is 0. The number of carbonyl (C=O) groups is 2. The van der Waals surface area contributed by atoms with Gasteiger partial charge < -0.3 is 16.0 Å². The number of rotatable bonds is 3. The summed E-state index contributed by atoms with van der Waals surface area (Å²) in [5.41, 5.74) is 7.28. The van der Waals surface area contributed by atoms with Crippen LogP contribution in [0.2, 0.25) is 0 Å². The molecule has 0 aliphatic heterocycles. The summed E-state index contributed by atoms with van der Waals surface area (Å²) in [6, 6.07) is 16.0. The highest BCUT2D eigenvalue weighted by Gasteiger charge is 2.13. The van der Waals surface area contributed by atoms with Crippen molar-refractivity contribution < 1.29 is 9.59 Å². The van der Waals surface area contributed by atoms with E-state index in [1.165, 1.54) is 0 Å². The number of aromatic amines is 1. The highest BCUT2D eigenvalue weighted by atomic mass is 16.2. The van der Waals surface area contributed by atoms with Crippen LogP contribution < -0.4 is 11.1 Å². The van der Waals surface area contributed by atoms with E-state index in [0.717, 1.165) is 10.9 Å². The first-order valence-electron chi connectivity index (χ1n) is 6.43. The predicted molar refractivity (Wildman–Crippen MR) is 81.2 cm³/mol. The number of fused-ring (bicyclic) bond motifs is 1. The Morgan fingerprint density at radius 1 is 1.00 bits per heavy atom. The van der Waals surface area contributed by atoms with Crippen molar-refractivity contribution in [2.24, 2.45) is 5.73 Å². The number of aromatic nitrogens is 1. The number of hydrogen-bond acceptors (Lipinski definition) is 2. The maximum absolute atomic E-state index is 12.3. The first-order chi connectivity index (χ1) is 10.1. The van der Waals surface area contributed by atoms with E-state index in [4.69, 9.17) is 5.73 Å². The minimum atomic E-state index is -0.581. The summed E-state index contributed by atoms with van der Waals surface area (Å²) < 4.78 is 0. The number of nitrogens with two attached hydrogens (primary N) is 1. The van der Waals surface area contributed by atoms with Crippen molar-refractivity contribution in [2.45, 2.75) is 0 Å². The SMILES string of the molecule is NC(=O)c1ccccc1NC(=O)c1cc2ccccc2[nH]1. The number of benzene rings is 2. The van der Waals surface area contributed by atoms with Gasteiger partial charge in [0.1, 0.15) is 5.69 Å². The van der Waals surface area contributed by atoms with E-state index in [1.807, 2.05) is 24.3 Å². The van der Waals surface area contributed by atoms with Crippen LogP contribution in [0.25, 0.3) is 10.9 Å². The van der Waals surface area contributed by atoms with Gasteiger partial charge in [-0.2, -0.15) is 0 Å². The molecule has 0 saturated heterocycles. The molecule has 1 heterocycles. The average molecular weight is 279 g/mol. The van der Waals surface area contributed by atoms with Gasteiger partial charge in [-0.3, -0.25) is 9.59 Å². The Morgan fingerprint density at radius 2 is 1.71 bits per heavy atom. The van der Waals surface area contributed by atoms with Crippen LogP contribution in [0, 0.1) is 0 Å². The van der Waals surface area contributed by atoms with Gasteiger partial charge >= 0.3 is 0 Å². The largest absolute Gasteiger partial charge is 0.366 e. The quantitative estimate of drug-likeness (QED) is 0.687. The standard InChI is InChI=1S/C16H13N3O2/c17-15(20)11-6-2-4-8-13(11)19-16(21)14-9-10-5-1-3-7-12(10)18-14/h1-9,18H,(H2,17,20)(H,19,21). The smallest absolute Gasteiger partial charge is 0.272 e. The van der Waals surface area contributed by atoms with Crippen molar-refractivity contribution in [2.75, 3.05) is 5.32 Å². The summed E-state index contributed by atoms with van der Waals surface area (Å²) in [6.07, 6.45) is 0. The fourth-order valence-corrected chi connectivity index (χ4v) is 2.19. The molecule has 0 saturated carbocycles. The Hall–Kier alpha value is -3.08. The van der Waals surface area contributed by atoms with Crippen molar-refractivity contribution in [3.05, 3.63) is 65.9 Å². The van der Waals surface area contributed by atoms with Gasteiger partial charge in [-0.05, 0) is 24.3 Å². The van der Waals surface area contributed by atoms with Crippen LogP contribution in [0.5, 0.6) is 0 Å². The molecule has 4 N–H and O–H groups in total. The molecule has 0 aliphatic rings. The van der Waals surface area contributed by atoms with Gasteiger partial charge in [-0.15, -0.1) is 0 Å². The first-order valence-corrected chi connectivity index (χ1v) is 6.43. The van der Waals surface area contributed by atoms with Crippen LogP contribution in [0.3, 0.4) is 0 Å². The molecule has 104 valence electrons. The second-order valence-corrected chi connectivity index (χ2v) is 4.63. The summed E-state index contributed by atoms with van der Waals surface area (Å²) in [5, 5.41) is 3.65. The van der Waals surface area contributed by atoms with Gasteiger partial charge in [0.15, 0.2) is 0 Å². The molecular formula is C16H13N3O2. The van der Waals surface area contributed by atoms with Crippen LogP contribution in [0.15, 0.2) is 54.6 Å². The summed E-state index contributed by atoms with van der Waals surface area (Å²) in [6.45, 7) is 0. The zero-order valence-corrected chi connectivity index (χ0v) is 11.1. The van der Waals surface area contributed by atoms with E-state index in [-0.39, 0.29) is 11.5 Å². The molecule has 2 amide bonds. The lowest BCUT2D eigenvalue weighted by Gasteiger charge is -2.07. The number of hydrogen-bond donors (Lipinski definition) is 3. The molecule has 3 rings (SSSR count). The Morgan fingerprint density at radius 3 is 2.48 bits per heavy atom. The Labute approximate surface area is 120 Å². The molecule has 0 fully saturated rings. The van der Waals surface area contributed by atoms with Crippen LogP contribution in [-0.2, 0) is 0 Å². The molecule has 5 heteroatoms. The predicted octanol–water partition coefficient (Wildman–Crippen LogP) is 2.52. The zero-order chi connectivity index (χ0) is 14.8. The molecule has 21 heavy (non-hydrogen) atoms. The number of primary amides is 1. The zero-order valence-electron chi connectivity index (χ0n) is 11.1. The molecule has 0 radical (unpaired) electrons. The van der Waals surface area contributed by atoms with Crippen molar-refractivity contribution in [1.29, 1.82) is 0 Å². The van der Waals surface area contributed by atoms with E-state index in [1.54, 1.807) is 30.3 Å². The van der Waals surface area contributed by atoms with E-state index < -0.39 is 5.91 Å². The Balaban J connectivity index is 1.91. The molecule has 0 unspecified atom stereocenters. The van der Waals surface area contributed by atoms with Gasteiger partial charge in [-0.25, -0.2) is 0 Å².